The first-order valence-electron chi connectivity index (χ1n) is 7.61. The zero-order valence-electron chi connectivity index (χ0n) is 12.9. The Labute approximate surface area is 130 Å². The standard InChI is InChI=1S/C17H21NO4/c1-3-4-16(20)18-13-7-5-12(6-8-13)15(19)10-22-17(21)14-9-11(14)2/h5-8,11,14H,3-4,9-10H2,1-2H3,(H,18,20)/t11-,14-/m1/s1. The number of carbonyl (C=O) groups excluding carboxylic acids is 3. The SMILES string of the molecule is CCCC(=O)Nc1ccc(C(=O)COC(=O)[C@@H]2C[C@H]2C)cc1. The van der Waals surface area contributed by atoms with Crippen molar-refractivity contribution in [3.63, 3.8) is 0 Å². The minimum absolute atomic E-state index is 0.0380. The van der Waals surface area contributed by atoms with Gasteiger partial charge >= 0.3 is 5.97 Å². The third-order valence-electron chi connectivity index (χ3n) is 3.73. The lowest BCUT2D eigenvalue weighted by Crippen LogP contribution is -2.16. The van der Waals surface area contributed by atoms with Crippen molar-refractivity contribution in [2.75, 3.05) is 11.9 Å². The Morgan fingerprint density at radius 1 is 1.23 bits per heavy atom. The lowest BCUT2D eigenvalue weighted by atomic mass is 10.1. The summed E-state index contributed by atoms with van der Waals surface area (Å²) in [5.74, 6) is -0.246. The molecule has 1 N–H and O–H groups in total. The number of anilines is 1. The molecule has 1 fully saturated rings. The minimum Gasteiger partial charge on any atom is -0.457 e. The summed E-state index contributed by atoms with van der Waals surface area (Å²) in [5.41, 5.74) is 1.11. The summed E-state index contributed by atoms with van der Waals surface area (Å²) in [7, 11) is 0. The third-order valence-corrected chi connectivity index (χ3v) is 3.73. The molecule has 0 aliphatic heterocycles. The van der Waals surface area contributed by atoms with E-state index in [-0.39, 0.29) is 30.2 Å². The number of hydrogen-bond donors (Lipinski definition) is 1. The highest BCUT2D eigenvalue weighted by Gasteiger charge is 2.40. The van der Waals surface area contributed by atoms with Gasteiger partial charge in [0.05, 0.1) is 5.92 Å². The van der Waals surface area contributed by atoms with Crippen LogP contribution in [0.5, 0.6) is 0 Å². The number of esters is 1. The van der Waals surface area contributed by atoms with Crippen molar-refractivity contribution in [2.24, 2.45) is 11.8 Å². The fourth-order valence-electron chi connectivity index (χ4n) is 2.17. The van der Waals surface area contributed by atoms with Gasteiger partial charge in [0.25, 0.3) is 0 Å². The topological polar surface area (TPSA) is 72.5 Å². The monoisotopic (exact) mass is 303 g/mol. The zero-order chi connectivity index (χ0) is 16.1. The molecule has 1 amide bonds. The highest BCUT2D eigenvalue weighted by atomic mass is 16.5. The molecule has 0 bridgehead atoms. The number of nitrogens with one attached hydrogen (secondary N) is 1. The van der Waals surface area contributed by atoms with Crippen LogP contribution in [-0.4, -0.2) is 24.3 Å². The molecule has 0 aromatic heterocycles. The second kappa shape index (κ2) is 7.20. The molecule has 2 atom stereocenters. The van der Waals surface area contributed by atoms with Crippen molar-refractivity contribution in [3.8, 4) is 0 Å². The first kappa shape index (κ1) is 16.2. The van der Waals surface area contributed by atoms with E-state index < -0.39 is 0 Å². The number of ether oxygens (including phenoxy) is 1. The van der Waals surface area contributed by atoms with Crippen LogP contribution in [0.15, 0.2) is 24.3 Å². The van der Waals surface area contributed by atoms with Crippen LogP contribution < -0.4 is 5.32 Å². The largest absolute Gasteiger partial charge is 0.457 e. The Bertz CT molecular complexity index is 565. The van der Waals surface area contributed by atoms with E-state index in [9.17, 15) is 14.4 Å². The molecule has 1 aromatic carbocycles. The predicted molar refractivity (Wildman–Crippen MR) is 82.5 cm³/mol. The summed E-state index contributed by atoms with van der Waals surface area (Å²) >= 11 is 0. The van der Waals surface area contributed by atoms with Crippen LogP contribution in [0.4, 0.5) is 5.69 Å². The summed E-state index contributed by atoms with van der Waals surface area (Å²) in [5, 5.41) is 2.75. The fraction of sp³-hybridized carbons (Fsp3) is 0.471. The molecular weight excluding hydrogens is 282 g/mol. The van der Waals surface area contributed by atoms with Crippen LogP contribution >= 0.6 is 0 Å². The number of Topliss-reactive ketones (excluding diaryl/α,β-unsaturated/α-hetero) is 1. The minimum atomic E-state index is -0.288. The van der Waals surface area contributed by atoms with Gasteiger partial charge < -0.3 is 10.1 Å². The highest BCUT2D eigenvalue weighted by molar-refractivity contribution is 5.99. The van der Waals surface area contributed by atoms with Crippen molar-refractivity contribution >= 4 is 23.3 Å². The maximum Gasteiger partial charge on any atom is 0.309 e. The second-order valence-corrected chi connectivity index (χ2v) is 5.73. The van der Waals surface area contributed by atoms with Crippen LogP contribution in [0.2, 0.25) is 0 Å². The van der Waals surface area contributed by atoms with Gasteiger partial charge in [0.1, 0.15) is 0 Å². The summed E-state index contributed by atoms with van der Waals surface area (Å²) in [6.45, 7) is 3.69. The van der Waals surface area contributed by atoms with Crippen LogP contribution in [0.1, 0.15) is 43.5 Å². The maximum absolute atomic E-state index is 11.9. The Balaban J connectivity index is 1.82. The molecule has 0 spiro atoms. The Kier molecular flexibility index (Phi) is 5.31. The summed E-state index contributed by atoms with van der Waals surface area (Å²) < 4.78 is 5.02. The van der Waals surface area contributed by atoms with Gasteiger partial charge in [-0.25, -0.2) is 0 Å². The summed E-state index contributed by atoms with van der Waals surface area (Å²) in [6, 6.07) is 6.59. The van der Waals surface area contributed by atoms with E-state index in [1.54, 1.807) is 24.3 Å². The van der Waals surface area contributed by atoms with Gasteiger partial charge in [0.15, 0.2) is 12.4 Å². The van der Waals surface area contributed by atoms with E-state index in [0.29, 0.717) is 23.6 Å². The third kappa shape index (κ3) is 4.41. The van der Waals surface area contributed by atoms with Crippen LogP contribution in [0.3, 0.4) is 0 Å². The van der Waals surface area contributed by atoms with Gasteiger partial charge in [-0.05, 0) is 43.0 Å². The molecule has 5 nitrogen and oxygen atoms in total. The van der Waals surface area contributed by atoms with Gasteiger partial charge in [0, 0.05) is 17.7 Å². The molecule has 0 unspecified atom stereocenters. The van der Waals surface area contributed by atoms with Crippen molar-refractivity contribution in [1.29, 1.82) is 0 Å². The van der Waals surface area contributed by atoms with E-state index in [2.05, 4.69) is 5.32 Å². The van der Waals surface area contributed by atoms with Crippen LogP contribution in [0.25, 0.3) is 0 Å². The lowest BCUT2D eigenvalue weighted by Gasteiger charge is -2.06. The summed E-state index contributed by atoms with van der Waals surface area (Å²) in [6.07, 6.45) is 2.10. The van der Waals surface area contributed by atoms with Crippen LogP contribution in [-0.2, 0) is 14.3 Å². The molecular formula is C17H21NO4. The molecule has 22 heavy (non-hydrogen) atoms. The number of rotatable bonds is 7. The molecule has 1 saturated carbocycles. The van der Waals surface area contributed by atoms with Crippen molar-refractivity contribution in [3.05, 3.63) is 29.8 Å². The Hall–Kier alpha value is -2.17. The maximum atomic E-state index is 11.9. The predicted octanol–water partition coefficient (Wildman–Crippen LogP) is 2.81. The van der Waals surface area contributed by atoms with Crippen molar-refractivity contribution in [2.45, 2.75) is 33.1 Å². The molecule has 1 aliphatic carbocycles. The zero-order valence-corrected chi connectivity index (χ0v) is 12.9. The molecule has 2 rings (SSSR count). The van der Waals surface area contributed by atoms with Crippen LogP contribution in [0, 0.1) is 11.8 Å². The van der Waals surface area contributed by atoms with Crippen molar-refractivity contribution < 1.29 is 19.1 Å². The van der Waals surface area contributed by atoms with E-state index >= 15 is 0 Å². The first-order valence-corrected chi connectivity index (χ1v) is 7.61. The van der Waals surface area contributed by atoms with E-state index in [4.69, 9.17) is 4.74 Å². The first-order chi connectivity index (χ1) is 10.5. The Morgan fingerprint density at radius 2 is 1.86 bits per heavy atom. The van der Waals surface area contributed by atoms with Gasteiger partial charge in [0.2, 0.25) is 5.91 Å². The molecule has 1 aliphatic rings. The number of benzene rings is 1. The van der Waals surface area contributed by atoms with Gasteiger partial charge in [-0.15, -0.1) is 0 Å². The molecule has 0 radical (unpaired) electrons. The van der Waals surface area contributed by atoms with E-state index in [1.807, 2.05) is 13.8 Å². The average Bonchev–Trinajstić information content (AvgIpc) is 3.22. The molecule has 118 valence electrons. The lowest BCUT2D eigenvalue weighted by molar-refractivity contribution is -0.144. The number of ketones is 1. The Morgan fingerprint density at radius 3 is 2.41 bits per heavy atom. The number of hydrogen-bond acceptors (Lipinski definition) is 4. The van der Waals surface area contributed by atoms with Crippen molar-refractivity contribution in [1.82, 2.24) is 0 Å². The molecule has 5 heteroatoms. The highest BCUT2D eigenvalue weighted by Crippen LogP contribution is 2.38. The average molecular weight is 303 g/mol. The molecule has 0 saturated heterocycles. The van der Waals surface area contributed by atoms with E-state index in [1.165, 1.54) is 0 Å². The number of carbonyl (C=O) groups is 3. The molecule has 1 aromatic rings. The van der Waals surface area contributed by atoms with Gasteiger partial charge in [-0.3, -0.25) is 14.4 Å². The normalized spacial score (nSPS) is 19.4. The summed E-state index contributed by atoms with van der Waals surface area (Å²) in [4.78, 5) is 35.0. The smallest absolute Gasteiger partial charge is 0.309 e. The van der Waals surface area contributed by atoms with Gasteiger partial charge in [-0.2, -0.15) is 0 Å². The quantitative estimate of drug-likeness (QED) is 0.621. The molecule has 0 heterocycles. The second-order valence-electron chi connectivity index (χ2n) is 5.73. The fourth-order valence-corrected chi connectivity index (χ4v) is 2.17. The van der Waals surface area contributed by atoms with E-state index in [0.717, 1.165) is 12.8 Å². The van der Waals surface area contributed by atoms with Gasteiger partial charge in [-0.1, -0.05) is 13.8 Å². The number of amides is 1.